The van der Waals surface area contributed by atoms with Crippen molar-refractivity contribution in [3.05, 3.63) is 83.3 Å². The van der Waals surface area contributed by atoms with Gasteiger partial charge in [-0.3, -0.25) is 4.79 Å². The maximum Gasteiger partial charge on any atom is 0.336 e. The molecule has 8 heteroatoms. The van der Waals surface area contributed by atoms with Crippen LogP contribution in [0.2, 0.25) is 5.15 Å². The molecule has 0 aliphatic heterocycles. The summed E-state index contributed by atoms with van der Waals surface area (Å²) < 4.78 is 7.64. The highest BCUT2D eigenvalue weighted by molar-refractivity contribution is 6.30. The molecule has 0 saturated heterocycles. The van der Waals surface area contributed by atoms with Gasteiger partial charge in [-0.2, -0.15) is 0 Å². The van der Waals surface area contributed by atoms with Crippen LogP contribution in [0.5, 0.6) is 5.75 Å². The normalized spacial score (nSPS) is 17.1. The molecular weight excluding hydrogens is 466 g/mol. The van der Waals surface area contributed by atoms with Crippen LogP contribution in [0, 0.1) is 5.92 Å². The van der Waals surface area contributed by atoms with E-state index in [0.717, 1.165) is 40.6 Å². The summed E-state index contributed by atoms with van der Waals surface area (Å²) in [6.45, 7) is 0.494. The van der Waals surface area contributed by atoms with Crippen LogP contribution in [0.25, 0.3) is 22.0 Å². The third-order valence-corrected chi connectivity index (χ3v) is 6.83. The fourth-order valence-corrected chi connectivity index (χ4v) is 4.89. The standard InChI is InChI=1S/C27H24ClN3O4/c1-35-19-6-4-5-17(11-19)23-15-31(24-12-25(28)29-14-22(23)24)18-9-16(10-18)13-30-26(32)20-7-2-3-8-21(20)27(33)34/h2-8,11-12,14-16,18H,9-10,13H2,1H3,(H,30,32)(H,33,34). The summed E-state index contributed by atoms with van der Waals surface area (Å²) in [5, 5.41) is 13.7. The Kier molecular flexibility index (Phi) is 6.17. The molecule has 2 N–H and O–H groups in total. The van der Waals surface area contributed by atoms with Crippen molar-refractivity contribution >= 4 is 34.4 Å². The first-order chi connectivity index (χ1) is 16.9. The number of methoxy groups -OCH3 is 1. The lowest BCUT2D eigenvalue weighted by Crippen LogP contribution is -2.37. The van der Waals surface area contributed by atoms with E-state index < -0.39 is 5.97 Å². The highest BCUT2D eigenvalue weighted by Crippen LogP contribution is 2.42. The number of benzene rings is 2. The minimum absolute atomic E-state index is 0.00542. The van der Waals surface area contributed by atoms with Gasteiger partial charge >= 0.3 is 5.97 Å². The molecule has 0 atom stereocenters. The second-order valence-corrected chi connectivity index (χ2v) is 9.15. The summed E-state index contributed by atoms with van der Waals surface area (Å²) in [5.41, 5.74) is 3.30. The van der Waals surface area contributed by atoms with Gasteiger partial charge in [0, 0.05) is 35.9 Å². The third-order valence-electron chi connectivity index (χ3n) is 6.62. The molecule has 2 heterocycles. The number of carbonyl (C=O) groups is 2. The van der Waals surface area contributed by atoms with Gasteiger partial charge < -0.3 is 19.7 Å². The molecule has 5 rings (SSSR count). The number of pyridine rings is 1. The van der Waals surface area contributed by atoms with Crippen LogP contribution in [-0.4, -0.2) is 40.2 Å². The molecular formula is C27H24ClN3O4. The van der Waals surface area contributed by atoms with Crippen molar-refractivity contribution in [1.82, 2.24) is 14.9 Å². The van der Waals surface area contributed by atoms with Gasteiger partial charge in [-0.25, -0.2) is 9.78 Å². The van der Waals surface area contributed by atoms with Gasteiger partial charge in [0.2, 0.25) is 0 Å². The number of carboxylic acids is 1. The van der Waals surface area contributed by atoms with Crippen LogP contribution >= 0.6 is 11.6 Å². The van der Waals surface area contributed by atoms with Gasteiger partial charge in [-0.15, -0.1) is 0 Å². The van der Waals surface area contributed by atoms with E-state index in [4.69, 9.17) is 16.3 Å². The Bertz CT molecular complexity index is 1430. The van der Waals surface area contributed by atoms with E-state index >= 15 is 0 Å². The molecule has 1 aliphatic carbocycles. The van der Waals surface area contributed by atoms with Crippen molar-refractivity contribution in [3.8, 4) is 16.9 Å². The number of halogens is 1. The molecule has 0 spiro atoms. The molecule has 1 fully saturated rings. The van der Waals surface area contributed by atoms with Gasteiger partial charge in [-0.1, -0.05) is 35.9 Å². The molecule has 1 amide bonds. The van der Waals surface area contributed by atoms with Crippen LogP contribution < -0.4 is 10.1 Å². The van der Waals surface area contributed by atoms with Gasteiger partial charge in [0.15, 0.2) is 0 Å². The Morgan fingerprint density at radius 1 is 1.14 bits per heavy atom. The van der Waals surface area contributed by atoms with Gasteiger partial charge in [-0.05, 0) is 54.7 Å². The molecule has 7 nitrogen and oxygen atoms in total. The quantitative estimate of drug-likeness (QED) is 0.337. The number of nitrogens with one attached hydrogen (secondary N) is 1. The average Bonchev–Trinajstić information content (AvgIpc) is 3.21. The molecule has 0 unspecified atom stereocenters. The minimum atomic E-state index is -1.11. The van der Waals surface area contributed by atoms with E-state index in [1.165, 1.54) is 12.1 Å². The number of aromatic nitrogens is 2. The van der Waals surface area contributed by atoms with Crippen molar-refractivity contribution in [2.45, 2.75) is 18.9 Å². The Morgan fingerprint density at radius 2 is 1.91 bits per heavy atom. The maximum absolute atomic E-state index is 12.6. The van der Waals surface area contributed by atoms with E-state index in [0.29, 0.717) is 17.6 Å². The zero-order valence-corrected chi connectivity index (χ0v) is 19.8. The minimum Gasteiger partial charge on any atom is -0.497 e. The summed E-state index contributed by atoms with van der Waals surface area (Å²) >= 11 is 6.23. The Labute approximate surface area is 207 Å². The second-order valence-electron chi connectivity index (χ2n) is 8.76. The first-order valence-corrected chi connectivity index (χ1v) is 11.7. The number of hydrogen-bond donors (Lipinski definition) is 2. The van der Waals surface area contributed by atoms with Gasteiger partial charge in [0.25, 0.3) is 5.91 Å². The zero-order valence-electron chi connectivity index (χ0n) is 19.1. The number of nitrogens with zero attached hydrogens (tertiary/aromatic N) is 2. The topological polar surface area (TPSA) is 93.5 Å². The maximum atomic E-state index is 12.6. The number of hydrogen-bond acceptors (Lipinski definition) is 4. The summed E-state index contributed by atoms with van der Waals surface area (Å²) in [4.78, 5) is 28.3. The van der Waals surface area contributed by atoms with Crippen LogP contribution in [0.4, 0.5) is 0 Å². The number of fused-ring (bicyclic) bond motifs is 1. The number of ether oxygens (including phenoxy) is 1. The van der Waals surface area contributed by atoms with Crippen molar-refractivity contribution in [2.75, 3.05) is 13.7 Å². The molecule has 4 aromatic rings. The molecule has 0 bridgehead atoms. The number of carboxylic acid groups (broad SMARTS) is 1. The first kappa shape index (κ1) is 22.9. The van der Waals surface area contributed by atoms with Crippen molar-refractivity contribution in [2.24, 2.45) is 5.92 Å². The summed E-state index contributed by atoms with van der Waals surface area (Å²) in [6.07, 6.45) is 5.73. The number of rotatable bonds is 7. The van der Waals surface area contributed by atoms with Crippen LogP contribution in [0.3, 0.4) is 0 Å². The lowest BCUT2D eigenvalue weighted by Gasteiger charge is -2.37. The highest BCUT2D eigenvalue weighted by atomic mass is 35.5. The first-order valence-electron chi connectivity index (χ1n) is 11.4. The fraction of sp³-hybridized carbons (Fsp3) is 0.222. The predicted octanol–water partition coefficient (Wildman–Crippen LogP) is 5.44. The van der Waals surface area contributed by atoms with Crippen molar-refractivity contribution < 1.29 is 19.4 Å². The predicted molar refractivity (Wildman–Crippen MR) is 134 cm³/mol. The zero-order chi connectivity index (χ0) is 24.5. The fourth-order valence-electron chi connectivity index (χ4n) is 4.74. The van der Waals surface area contributed by atoms with Crippen molar-refractivity contribution in [1.29, 1.82) is 0 Å². The average molecular weight is 490 g/mol. The number of carbonyl (C=O) groups excluding carboxylic acids is 1. The van der Waals surface area contributed by atoms with E-state index in [-0.39, 0.29) is 23.1 Å². The molecule has 1 aliphatic rings. The Balaban J connectivity index is 1.32. The van der Waals surface area contributed by atoms with E-state index in [1.54, 1.807) is 25.4 Å². The lowest BCUT2D eigenvalue weighted by atomic mass is 9.80. The number of aromatic carboxylic acids is 1. The molecule has 1 saturated carbocycles. The van der Waals surface area contributed by atoms with Gasteiger partial charge in [0.1, 0.15) is 10.9 Å². The summed E-state index contributed by atoms with van der Waals surface area (Å²) in [5.74, 6) is -0.389. The Hall–Kier alpha value is -3.84. The molecule has 178 valence electrons. The molecule has 2 aromatic carbocycles. The van der Waals surface area contributed by atoms with E-state index in [1.807, 2.05) is 30.3 Å². The van der Waals surface area contributed by atoms with Gasteiger partial charge in [0.05, 0.1) is 23.8 Å². The lowest BCUT2D eigenvalue weighted by molar-refractivity contribution is 0.0690. The van der Waals surface area contributed by atoms with Crippen LogP contribution in [-0.2, 0) is 0 Å². The van der Waals surface area contributed by atoms with E-state index in [2.05, 4.69) is 21.1 Å². The van der Waals surface area contributed by atoms with Crippen LogP contribution in [0.1, 0.15) is 39.6 Å². The molecule has 35 heavy (non-hydrogen) atoms. The molecule has 2 aromatic heterocycles. The van der Waals surface area contributed by atoms with E-state index in [9.17, 15) is 14.7 Å². The second kappa shape index (κ2) is 9.43. The Morgan fingerprint density at radius 3 is 2.66 bits per heavy atom. The molecule has 0 radical (unpaired) electrons. The van der Waals surface area contributed by atoms with Crippen molar-refractivity contribution in [3.63, 3.8) is 0 Å². The summed E-state index contributed by atoms with van der Waals surface area (Å²) in [7, 11) is 1.65. The SMILES string of the molecule is COc1cccc(-c2cn(C3CC(CNC(=O)c4ccccc4C(=O)O)C3)c3cc(Cl)ncc23)c1. The number of amides is 1. The smallest absolute Gasteiger partial charge is 0.336 e. The highest BCUT2D eigenvalue weighted by Gasteiger charge is 2.32. The largest absolute Gasteiger partial charge is 0.497 e. The monoisotopic (exact) mass is 489 g/mol. The third kappa shape index (κ3) is 4.47. The summed E-state index contributed by atoms with van der Waals surface area (Å²) in [6, 6.07) is 16.3. The van der Waals surface area contributed by atoms with Crippen LogP contribution in [0.15, 0.2) is 67.0 Å².